The molecule has 1 amide bonds. The van der Waals surface area contributed by atoms with Gasteiger partial charge in [-0.2, -0.15) is 5.10 Å². The summed E-state index contributed by atoms with van der Waals surface area (Å²) in [5, 5.41) is 7.04. The summed E-state index contributed by atoms with van der Waals surface area (Å²) in [4.78, 5) is 11.8. The standard InChI is InChI=1S/C23H23N3O2/c1-18-7-11-21(12-8-18)24-16-23(27)26-25-15-19-9-13-22(14-10-19)28-17-20-5-3-2-4-6-20/h2-15,24H,16-17H2,1H3,(H,26,27). The molecule has 2 N–H and O–H groups in total. The molecule has 0 spiro atoms. The van der Waals surface area contributed by atoms with Crippen LogP contribution < -0.4 is 15.5 Å². The molecule has 28 heavy (non-hydrogen) atoms. The number of nitrogens with zero attached hydrogens (tertiary/aromatic N) is 1. The number of ether oxygens (including phenoxy) is 1. The molecule has 0 fully saturated rings. The van der Waals surface area contributed by atoms with Crippen LogP contribution in [0.5, 0.6) is 5.75 Å². The monoisotopic (exact) mass is 373 g/mol. The first kappa shape index (κ1) is 19.2. The molecule has 5 heteroatoms. The van der Waals surface area contributed by atoms with E-state index < -0.39 is 0 Å². The molecule has 0 aromatic heterocycles. The van der Waals surface area contributed by atoms with Crippen LogP contribution in [-0.4, -0.2) is 18.7 Å². The Kier molecular flexibility index (Phi) is 6.79. The second-order valence-electron chi connectivity index (χ2n) is 6.36. The highest BCUT2D eigenvalue weighted by Gasteiger charge is 2.00. The number of hydrazone groups is 1. The first-order chi connectivity index (χ1) is 13.7. The van der Waals surface area contributed by atoms with Crippen molar-refractivity contribution in [2.45, 2.75) is 13.5 Å². The second-order valence-corrected chi connectivity index (χ2v) is 6.36. The maximum atomic E-state index is 11.8. The number of amides is 1. The van der Waals surface area contributed by atoms with Crippen LogP contribution in [0.1, 0.15) is 16.7 Å². The molecule has 0 aliphatic heterocycles. The third kappa shape index (κ3) is 6.29. The molecule has 0 saturated heterocycles. The minimum absolute atomic E-state index is 0.159. The van der Waals surface area contributed by atoms with Crippen molar-refractivity contribution in [3.63, 3.8) is 0 Å². The number of rotatable bonds is 8. The average molecular weight is 373 g/mol. The smallest absolute Gasteiger partial charge is 0.259 e. The third-order valence-corrected chi connectivity index (χ3v) is 4.04. The van der Waals surface area contributed by atoms with Crippen LogP contribution in [-0.2, 0) is 11.4 Å². The fourth-order valence-corrected chi connectivity index (χ4v) is 2.46. The van der Waals surface area contributed by atoms with Crippen LogP contribution in [0.3, 0.4) is 0 Å². The molecule has 0 saturated carbocycles. The van der Waals surface area contributed by atoms with Gasteiger partial charge in [-0.3, -0.25) is 4.79 Å². The summed E-state index contributed by atoms with van der Waals surface area (Å²) in [6, 6.07) is 25.4. The third-order valence-electron chi connectivity index (χ3n) is 4.04. The number of aryl methyl sites for hydroxylation is 1. The van der Waals surface area contributed by atoms with E-state index in [1.807, 2.05) is 85.8 Å². The molecular weight excluding hydrogens is 350 g/mol. The molecule has 3 aromatic rings. The Balaban J connectivity index is 1.41. The highest BCUT2D eigenvalue weighted by molar-refractivity contribution is 5.84. The van der Waals surface area contributed by atoms with E-state index in [4.69, 9.17) is 4.74 Å². The molecule has 0 heterocycles. The Morgan fingerprint density at radius 2 is 1.68 bits per heavy atom. The SMILES string of the molecule is Cc1ccc(NCC(=O)NN=Cc2ccc(OCc3ccccc3)cc2)cc1. The van der Waals surface area contributed by atoms with Crippen molar-refractivity contribution < 1.29 is 9.53 Å². The zero-order valence-corrected chi connectivity index (χ0v) is 15.8. The lowest BCUT2D eigenvalue weighted by Crippen LogP contribution is -2.25. The van der Waals surface area contributed by atoms with Crippen LogP contribution >= 0.6 is 0 Å². The fourth-order valence-electron chi connectivity index (χ4n) is 2.46. The van der Waals surface area contributed by atoms with E-state index in [-0.39, 0.29) is 12.5 Å². The van der Waals surface area contributed by atoms with Crippen molar-refractivity contribution in [3.8, 4) is 5.75 Å². The Morgan fingerprint density at radius 3 is 2.39 bits per heavy atom. The summed E-state index contributed by atoms with van der Waals surface area (Å²) in [6.45, 7) is 2.71. The molecule has 0 aliphatic rings. The molecule has 3 rings (SSSR count). The van der Waals surface area contributed by atoms with Gasteiger partial charge in [-0.05, 0) is 54.4 Å². The van der Waals surface area contributed by atoms with E-state index in [2.05, 4.69) is 15.8 Å². The molecule has 0 unspecified atom stereocenters. The zero-order chi connectivity index (χ0) is 19.6. The van der Waals surface area contributed by atoms with Gasteiger partial charge >= 0.3 is 0 Å². The predicted octanol–water partition coefficient (Wildman–Crippen LogP) is 4.14. The quantitative estimate of drug-likeness (QED) is 0.461. The topological polar surface area (TPSA) is 62.7 Å². The summed E-state index contributed by atoms with van der Waals surface area (Å²) in [5.74, 6) is 0.576. The normalized spacial score (nSPS) is 10.6. The number of benzene rings is 3. The van der Waals surface area contributed by atoms with Gasteiger partial charge in [0.05, 0.1) is 12.8 Å². The van der Waals surface area contributed by atoms with Crippen LogP contribution in [0.4, 0.5) is 5.69 Å². The maximum Gasteiger partial charge on any atom is 0.259 e. The van der Waals surface area contributed by atoms with Gasteiger partial charge in [0.15, 0.2) is 0 Å². The maximum absolute atomic E-state index is 11.8. The number of carbonyl (C=O) groups excluding carboxylic acids is 1. The molecule has 0 atom stereocenters. The van der Waals surface area contributed by atoms with Gasteiger partial charge in [0, 0.05) is 5.69 Å². The first-order valence-corrected chi connectivity index (χ1v) is 9.08. The van der Waals surface area contributed by atoms with Crippen molar-refractivity contribution in [2.24, 2.45) is 5.10 Å². The van der Waals surface area contributed by atoms with Gasteiger partial charge in [-0.15, -0.1) is 0 Å². The molecule has 3 aromatic carbocycles. The minimum atomic E-state index is -0.209. The van der Waals surface area contributed by atoms with Gasteiger partial charge in [0.25, 0.3) is 5.91 Å². The Morgan fingerprint density at radius 1 is 0.964 bits per heavy atom. The molecule has 0 aliphatic carbocycles. The van der Waals surface area contributed by atoms with Gasteiger partial charge in [0.2, 0.25) is 0 Å². The van der Waals surface area contributed by atoms with E-state index in [0.29, 0.717) is 6.61 Å². The second kappa shape index (κ2) is 9.92. The van der Waals surface area contributed by atoms with Crippen molar-refractivity contribution in [1.29, 1.82) is 0 Å². The van der Waals surface area contributed by atoms with Crippen LogP contribution in [0, 0.1) is 6.92 Å². The molecule has 0 radical (unpaired) electrons. The Bertz CT molecular complexity index is 905. The van der Waals surface area contributed by atoms with E-state index in [1.54, 1.807) is 6.21 Å². The fraction of sp³-hybridized carbons (Fsp3) is 0.130. The largest absolute Gasteiger partial charge is 0.489 e. The van der Waals surface area contributed by atoms with Crippen molar-refractivity contribution in [2.75, 3.05) is 11.9 Å². The van der Waals surface area contributed by atoms with Gasteiger partial charge < -0.3 is 10.1 Å². The minimum Gasteiger partial charge on any atom is -0.489 e. The van der Waals surface area contributed by atoms with E-state index in [1.165, 1.54) is 5.56 Å². The molecule has 5 nitrogen and oxygen atoms in total. The van der Waals surface area contributed by atoms with E-state index in [0.717, 1.165) is 22.6 Å². The number of nitrogens with one attached hydrogen (secondary N) is 2. The predicted molar refractivity (Wildman–Crippen MR) is 113 cm³/mol. The lowest BCUT2D eigenvalue weighted by molar-refractivity contribution is -0.119. The number of hydrogen-bond donors (Lipinski definition) is 2. The molecule has 0 bridgehead atoms. The van der Waals surface area contributed by atoms with Crippen molar-refractivity contribution >= 4 is 17.8 Å². The highest BCUT2D eigenvalue weighted by atomic mass is 16.5. The van der Waals surface area contributed by atoms with Crippen LogP contribution in [0.2, 0.25) is 0 Å². The van der Waals surface area contributed by atoms with Crippen molar-refractivity contribution in [1.82, 2.24) is 5.43 Å². The van der Waals surface area contributed by atoms with Gasteiger partial charge in [-0.1, -0.05) is 48.0 Å². The molecular formula is C23H23N3O2. The number of hydrogen-bond acceptors (Lipinski definition) is 4. The van der Waals surface area contributed by atoms with Crippen molar-refractivity contribution in [3.05, 3.63) is 95.6 Å². The van der Waals surface area contributed by atoms with E-state index in [9.17, 15) is 4.79 Å². The number of carbonyl (C=O) groups is 1. The lowest BCUT2D eigenvalue weighted by atomic mass is 10.2. The lowest BCUT2D eigenvalue weighted by Gasteiger charge is -2.06. The molecule has 142 valence electrons. The summed E-state index contributed by atoms with van der Waals surface area (Å²) >= 11 is 0. The van der Waals surface area contributed by atoms with Crippen LogP contribution in [0.25, 0.3) is 0 Å². The highest BCUT2D eigenvalue weighted by Crippen LogP contribution is 2.13. The van der Waals surface area contributed by atoms with E-state index >= 15 is 0 Å². The Hall–Kier alpha value is -3.60. The summed E-state index contributed by atoms with van der Waals surface area (Å²) in [7, 11) is 0. The summed E-state index contributed by atoms with van der Waals surface area (Å²) < 4.78 is 5.75. The average Bonchev–Trinajstić information content (AvgIpc) is 2.73. The van der Waals surface area contributed by atoms with Crippen LogP contribution in [0.15, 0.2) is 84.0 Å². The summed E-state index contributed by atoms with van der Waals surface area (Å²) in [5.41, 5.74) is 6.58. The Labute approximate surface area is 165 Å². The first-order valence-electron chi connectivity index (χ1n) is 9.08. The van der Waals surface area contributed by atoms with Gasteiger partial charge in [-0.25, -0.2) is 5.43 Å². The number of anilines is 1. The zero-order valence-electron chi connectivity index (χ0n) is 15.8. The summed E-state index contributed by atoms with van der Waals surface area (Å²) in [6.07, 6.45) is 1.60. The van der Waals surface area contributed by atoms with Gasteiger partial charge in [0.1, 0.15) is 12.4 Å².